The van der Waals surface area contributed by atoms with Crippen LogP contribution < -0.4 is 9.64 Å². The van der Waals surface area contributed by atoms with Gasteiger partial charge in [-0.05, 0) is 19.3 Å². The Balaban J connectivity index is 1.63. The fourth-order valence-corrected chi connectivity index (χ4v) is 4.07. The number of anilines is 1. The van der Waals surface area contributed by atoms with Crippen LogP contribution in [0.1, 0.15) is 19.3 Å². The minimum atomic E-state index is -3.38. The van der Waals surface area contributed by atoms with Gasteiger partial charge >= 0.3 is 0 Å². The summed E-state index contributed by atoms with van der Waals surface area (Å²) in [5.41, 5.74) is 0. The zero-order valence-electron chi connectivity index (χ0n) is 13.6. The molecule has 1 aromatic heterocycles. The number of nitrogens with zero attached hydrogens (tertiary/aromatic N) is 5. The van der Waals surface area contributed by atoms with E-state index in [0.29, 0.717) is 25.4 Å². The molecule has 0 unspecified atom stereocenters. The summed E-state index contributed by atoms with van der Waals surface area (Å²) < 4.78 is 32.8. The predicted octanol–water partition coefficient (Wildman–Crippen LogP) is 0.336. The molecule has 0 spiro atoms. The lowest BCUT2D eigenvalue weighted by molar-refractivity contribution is 0.206. The highest BCUT2D eigenvalue weighted by molar-refractivity contribution is 7.86. The van der Waals surface area contributed by atoms with Crippen molar-refractivity contribution in [2.45, 2.75) is 25.4 Å². The lowest BCUT2D eigenvalue weighted by Crippen LogP contribution is -2.39. The van der Waals surface area contributed by atoms with Gasteiger partial charge in [0.05, 0.1) is 6.54 Å². The fraction of sp³-hybridized carbons (Fsp3) is 0.714. The monoisotopic (exact) mass is 341 g/mol. The fourth-order valence-electron chi connectivity index (χ4n) is 2.92. The first-order chi connectivity index (χ1) is 11.0. The van der Waals surface area contributed by atoms with Crippen LogP contribution in [0.2, 0.25) is 0 Å². The molecule has 1 aromatic rings. The maximum absolute atomic E-state index is 12.1. The Hall–Kier alpha value is -1.45. The van der Waals surface area contributed by atoms with Crippen molar-refractivity contribution in [2.75, 3.05) is 45.2 Å². The summed E-state index contributed by atoms with van der Waals surface area (Å²) in [6.45, 7) is 2.84. The maximum atomic E-state index is 12.1. The van der Waals surface area contributed by atoms with Crippen LogP contribution in [0.5, 0.6) is 5.88 Å². The molecular formula is C14H23N5O3S. The summed E-state index contributed by atoms with van der Waals surface area (Å²) in [6, 6.07) is 1.84. The molecule has 9 heteroatoms. The summed E-state index contributed by atoms with van der Waals surface area (Å²) in [4.78, 5) is 10.7. The second-order valence-corrected chi connectivity index (χ2v) is 8.23. The molecule has 2 aliphatic rings. The van der Waals surface area contributed by atoms with E-state index < -0.39 is 10.2 Å². The number of rotatable bonds is 5. The Kier molecular flexibility index (Phi) is 4.69. The van der Waals surface area contributed by atoms with Crippen molar-refractivity contribution in [3.05, 3.63) is 12.4 Å². The average Bonchev–Trinajstić information content (AvgIpc) is 3.19. The van der Waals surface area contributed by atoms with Crippen molar-refractivity contribution >= 4 is 16.0 Å². The molecule has 2 saturated heterocycles. The second kappa shape index (κ2) is 6.58. The van der Waals surface area contributed by atoms with E-state index in [-0.39, 0.29) is 6.10 Å². The Bertz CT molecular complexity index is 646. The summed E-state index contributed by atoms with van der Waals surface area (Å²) in [5.74, 6) is 1.39. The van der Waals surface area contributed by atoms with Gasteiger partial charge in [0.2, 0.25) is 5.88 Å². The molecule has 3 heterocycles. The van der Waals surface area contributed by atoms with E-state index in [1.54, 1.807) is 0 Å². The van der Waals surface area contributed by atoms with E-state index >= 15 is 0 Å². The van der Waals surface area contributed by atoms with Gasteiger partial charge in [0, 0.05) is 39.8 Å². The Morgan fingerprint density at radius 3 is 2.65 bits per heavy atom. The van der Waals surface area contributed by atoms with Gasteiger partial charge in [-0.3, -0.25) is 0 Å². The van der Waals surface area contributed by atoms with Crippen LogP contribution in [-0.4, -0.2) is 73.4 Å². The second-order valence-electron chi connectivity index (χ2n) is 6.09. The molecule has 8 nitrogen and oxygen atoms in total. The minimum Gasteiger partial charge on any atom is -0.473 e. The first-order valence-electron chi connectivity index (χ1n) is 7.88. The zero-order valence-corrected chi connectivity index (χ0v) is 14.4. The van der Waals surface area contributed by atoms with Gasteiger partial charge in [0.1, 0.15) is 18.2 Å². The first-order valence-corrected chi connectivity index (χ1v) is 9.28. The van der Waals surface area contributed by atoms with Crippen LogP contribution in [0.3, 0.4) is 0 Å². The Morgan fingerprint density at radius 1 is 1.22 bits per heavy atom. The molecule has 0 N–H and O–H groups in total. The third kappa shape index (κ3) is 3.56. The van der Waals surface area contributed by atoms with E-state index in [4.69, 9.17) is 4.74 Å². The molecule has 0 aromatic carbocycles. The highest BCUT2D eigenvalue weighted by Gasteiger charge is 2.34. The van der Waals surface area contributed by atoms with Crippen LogP contribution in [0.25, 0.3) is 0 Å². The quantitative estimate of drug-likeness (QED) is 0.768. The highest BCUT2D eigenvalue weighted by Crippen LogP contribution is 2.23. The summed E-state index contributed by atoms with van der Waals surface area (Å²) in [6.07, 6.45) is 4.36. The molecule has 0 aliphatic carbocycles. The van der Waals surface area contributed by atoms with Gasteiger partial charge in [-0.25, -0.2) is 9.97 Å². The van der Waals surface area contributed by atoms with Gasteiger partial charge in [0.25, 0.3) is 10.2 Å². The molecule has 0 radical (unpaired) electrons. The number of hydrogen-bond acceptors (Lipinski definition) is 6. The lowest BCUT2D eigenvalue weighted by atomic mass is 10.3. The van der Waals surface area contributed by atoms with Crippen molar-refractivity contribution in [2.24, 2.45) is 0 Å². The summed E-state index contributed by atoms with van der Waals surface area (Å²) >= 11 is 0. The molecule has 3 rings (SSSR count). The molecule has 2 fully saturated rings. The number of ether oxygens (including phenoxy) is 1. The van der Waals surface area contributed by atoms with Crippen molar-refractivity contribution in [3.8, 4) is 5.88 Å². The molecule has 1 atom stereocenters. The molecule has 2 aliphatic heterocycles. The van der Waals surface area contributed by atoms with E-state index in [2.05, 4.69) is 14.9 Å². The smallest absolute Gasteiger partial charge is 0.281 e. The van der Waals surface area contributed by atoms with Crippen LogP contribution in [0, 0.1) is 0 Å². The van der Waals surface area contributed by atoms with E-state index in [9.17, 15) is 8.42 Å². The molecule has 128 valence electrons. The van der Waals surface area contributed by atoms with Gasteiger partial charge in [-0.15, -0.1) is 0 Å². The van der Waals surface area contributed by atoms with Gasteiger partial charge in [-0.2, -0.15) is 17.0 Å². The Labute approximate surface area is 137 Å². The Morgan fingerprint density at radius 2 is 1.96 bits per heavy atom. The largest absolute Gasteiger partial charge is 0.473 e. The van der Waals surface area contributed by atoms with Crippen molar-refractivity contribution < 1.29 is 13.2 Å². The number of aromatic nitrogens is 2. The van der Waals surface area contributed by atoms with Crippen molar-refractivity contribution in [3.63, 3.8) is 0 Å². The molecule has 0 amide bonds. The highest BCUT2D eigenvalue weighted by atomic mass is 32.2. The van der Waals surface area contributed by atoms with Crippen molar-refractivity contribution in [1.29, 1.82) is 0 Å². The van der Waals surface area contributed by atoms with E-state index in [0.717, 1.165) is 18.9 Å². The third-order valence-corrected chi connectivity index (χ3v) is 6.15. The lowest BCUT2D eigenvalue weighted by Gasteiger charge is -2.21. The number of hydrogen-bond donors (Lipinski definition) is 0. The van der Waals surface area contributed by atoms with Crippen LogP contribution in [0.15, 0.2) is 12.4 Å². The topological polar surface area (TPSA) is 78.9 Å². The molecule has 0 bridgehead atoms. The maximum Gasteiger partial charge on any atom is 0.281 e. The normalized spacial score (nSPS) is 22.9. The van der Waals surface area contributed by atoms with Crippen LogP contribution in [-0.2, 0) is 10.2 Å². The SMILES string of the molecule is CN(C)S(=O)(=O)N1CC[C@H](Oc2cc(N3CCCC3)ncn2)C1. The third-order valence-electron chi connectivity index (χ3n) is 4.24. The average molecular weight is 341 g/mol. The molecule has 0 saturated carbocycles. The van der Waals surface area contributed by atoms with Gasteiger partial charge in [-0.1, -0.05) is 0 Å². The van der Waals surface area contributed by atoms with E-state index in [1.165, 1.54) is 41.9 Å². The van der Waals surface area contributed by atoms with Crippen LogP contribution >= 0.6 is 0 Å². The standard InChI is InChI=1S/C14H23N5O3S/c1-17(2)23(20,21)19-8-5-12(10-19)22-14-9-13(15-11-16-14)18-6-3-4-7-18/h9,11-12H,3-8,10H2,1-2H3/t12-/m0/s1. The van der Waals surface area contributed by atoms with Gasteiger partial charge < -0.3 is 9.64 Å². The van der Waals surface area contributed by atoms with E-state index in [1.807, 2.05) is 6.07 Å². The van der Waals surface area contributed by atoms with Gasteiger partial charge in [0.15, 0.2) is 0 Å². The predicted molar refractivity (Wildman–Crippen MR) is 86.7 cm³/mol. The van der Waals surface area contributed by atoms with Crippen LogP contribution in [0.4, 0.5) is 5.82 Å². The summed E-state index contributed by atoms with van der Waals surface area (Å²) in [5, 5.41) is 0. The van der Waals surface area contributed by atoms with Crippen molar-refractivity contribution in [1.82, 2.24) is 18.6 Å². The molecular weight excluding hydrogens is 318 g/mol. The first kappa shape index (κ1) is 16.4. The zero-order chi connectivity index (χ0) is 16.4. The summed E-state index contributed by atoms with van der Waals surface area (Å²) in [7, 11) is -0.301. The molecule has 23 heavy (non-hydrogen) atoms. The minimum absolute atomic E-state index is 0.175.